The number of anilines is 1. The van der Waals surface area contributed by atoms with Gasteiger partial charge >= 0.3 is 0 Å². The molecule has 1 unspecified atom stereocenters. The third kappa shape index (κ3) is 4.63. The summed E-state index contributed by atoms with van der Waals surface area (Å²) in [5.41, 5.74) is 5.75. The Morgan fingerprint density at radius 1 is 1.53 bits per heavy atom. The first kappa shape index (κ1) is 16.2. The van der Waals surface area contributed by atoms with E-state index >= 15 is 0 Å². The zero-order valence-corrected chi connectivity index (χ0v) is 12.0. The Morgan fingerprint density at radius 2 is 2.21 bits per heavy atom. The minimum absolute atomic E-state index is 0.0842. The van der Waals surface area contributed by atoms with Crippen LogP contribution in [0.4, 0.5) is 5.69 Å². The van der Waals surface area contributed by atoms with Crippen molar-refractivity contribution in [3.63, 3.8) is 0 Å². The van der Waals surface area contributed by atoms with Crippen LogP contribution in [0.15, 0.2) is 23.1 Å². The number of hydrogen-bond acceptors (Lipinski definition) is 5. The number of nitrogens with one attached hydrogen (secondary N) is 1. The van der Waals surface area contributed by atoms with Crippen molar-refractivity contribution < 1.29 is 18.3 Å². The molecule has 0 fully saturated rings. The van der Waals surface area contributed by atoms with Crippen LogP contribution in [-0.4, -0.2) is 39.9 Å². The maximum Gasteiger partial charge on any atom is 0.242 e. The molecule has 0 saturated carbocycles. The number of aliphatic hydroxyl groups is 1. The van der Waals surface area contributed by atoms with E-state index in [1.807, 2.05) is 0 Å². The number of nitrogens with two attached hydrogens (primary N) is 1. The van der Waals surface area contributed by atoms with Gasteiger partial charge in [-0.15, -0.1) is 0 Å². The average Bonchev–Trinajstić information content (AvgIpc) is 2.32. The molecular weight excluding hydrogens is 292 g/mol. The monoisotopic (exact) mass is 308 g/mol. The second-order valence-electron chi connectivity index (χ2n) is 3.97. The summed E-state index contributed by atoms with van der Waals surface area (Å²) in [5.74, 6) is 0. The Labute approximate surface area is 117 Å². The molecule has 0 saturated heterocycles. The molecule has 1 aromatic carbocycles. The van der Waals surface area contributed by atoms with E-state index in [4.69, 9.17) is 27.2 Å². The quantitative estimate of drug-likeness (QED) is 0.640. The predicted molar refractivity (Wildman–Crippen MR) is 73.6 cm³/mol. The Balaban J connectivity index is 2.99. The zero-order valence-electron chi connectivity index (χ0n) is 10.5. The summed E-state index contributed by atoms with van der Waals surface area (Å²) < 4.78 is 31.7. The van der Waals surface area contributed by atoms with E-state index in [1.165, 1.54) is 25.3 Å². The van der Waals surface area contributed by atoms with Gasteiger partial charge in [-0.05, 0) is 24.6 Å². The zero-order chi connectivity index (χ0) is 14.5. The van der Waals surface area contributed by atoms with Crippen molar-refractivity contribution in [2.75, 3.05) is 26.1 Å². The van der Waals surface area contributed by atoms with Crippen LogP contribution in [-0.2, 0) is 14.8 Å². The van der Waals surface area contributed by atoms with E-state index in [1.54, 1.807) is 0 Å². The summed E-state index contributed by atoms with van der Waals surface area (Å²) in [6, 6.07) is 3.69. The molecule has 0 aliphatic heterocycles. The molecule has 0 heterocycles. The van der Waals surface area contributed by atoms with E-state index in [0.717, 1.165) is 0 Å². The van der Waals surface area contributed by atoms with Crippen LogP contribution in [0.5, 0.6) is 0 Å². The van der Waals surface area contributed by atoms with Gasteiger partial charge in [-0.1, -0.05) is 11.6 Å². The lowest BCUT2D eigenvalue weighted by atomic mass is 10.2. The fourth-order valence-corrected chi connectivity index (χ4v) is 3.21. The molecule has 4 N–H and O–H groups in total. The van der Waals surface area contributed by atoms with Crippen molar-refractivity contribution >= 4 is 27.3 Å². The normalized spacial score (nSPS) is 13.4. The van der Waals surface area contributed by atoms with Crippen molar-refractivity contribution in [3.05, 3.63) is 23.2 Å². The van der Waals surface area contributed by atoms with Gasteiger partial charge in [0.05, 0.1) is 12.3 Å². The lowest BCUT2D eigenvalue weighted by molar-refractivity contribution is 0.158. The largest absolute Gasteiger partial charge is 0.398 e. The van der Waals surface area contributed by atoms with E-state index in [-0.39, 0.29) is 35.2 Å². The molecule has 8 heteroatoms. The molecule has 19 heavy (non-hydrogen) atoms. The van der Waals surface area contributed by atoms with E-state index < -0.39 is 16.1 Å². The molecule has 108 valence electrons. The summed E-state index contributed by atoms with van der Waals surface area (Å²) in [4.78, 5) is -0.0842. The molecule has 0 aliphatic carbocycles. The maximum absolute atomic E-state index is 12.2. The first-order valence-electron chi connectivity index (χ1n) is 5.58. The highest BCUT2D eigenvalue weighted by molar-refractivity contribution is 7.89. The van der Waals surface area contributed by atoms with Gasteiger partial charge < -0.3 is 15.6 Å². The Kier molecular flexibility index (Phi) is 6.02. The highest BCUT2D eigenvalue weighted by Crippen LogP contribution is 2.22. The minimum Gasteiger partial charge on any atom is -0.398 e. The molecule has 0 bridgehead atoms. The molecule has 0 aliphatic rings. The van der Waals surface area contributed by atoms with Crippen LogP contribution in [0.1, 0.15) is 6.42 Å². The van der Waals surface area contributed by atoms with Gasteiger partial charge in [-0.3, -0.25) is 0 Å². The van der Waals surface area contributed by atoms with Gasteiger partial charge in [0.2, 0.25) is 10.0 Å². The first-order chi connectivity index (χ1) is 8.90. The summed E-state index contributed by atoms with van der Waals surface area (Å²) >= 11 is 5.77. The molecule has 1 atom stereocenters. The van der Waals surface area contributed by atoms with Crippen molar-refractivity contribution in [2.24, 2.45) is 0 Å². The standard InChI is InChI=1S/C11H17ClN2O4S/c1-18-7-9(4-5-15)14-19(16,17)11-6-8(12)2-3-10(11)13/h2-3,6,9,14-15H,4-5,7,13H2,1H3. The second-order valence-corrected chi connectivity index (χ2v) is 6.09. The SMILES string of the molecule is COCC(CCO)NS(=O)(=O)c1cc(Cl)ccc1N. The van der Waals surface area contributed by atoms with E-state index in [9.17, 15) is 8.42 Å². The topological polar surface area (TPSA) is 102 Å². The summed E-state index contributed by atoms with van der Waals surface area (Å²) in [6.07, 6.45) is 0.244. The Hall–Kier alpha value is -0.860. The summed E-state index contributed by atoms with van der Waals surface area (Å²) in [5, 5.41) is 9.17. The number of sulfonamides is 1. The molecule has 6 nitrogen and oxygen atoms in total. The number of nitrogen functional groups attached to an aromatic ring is 1. The Bertz CT molecular complexity index is 515. The van der Waals surface area contributed by atoms with Gasteiger partial charge in [0.25, 0.3) is 0 Å². The molecular formula is C11H17ClN2O4S. The van der Waals surface area contributed by atoms with Crippen LogP contribution in [0, 0.1) is 0 Å². The smallest absolute Gasteiger partial charge is 0.242 e. The molecule has 0 amide bonds. The number of ether oxygens (including phenoxy) is 1. The van der Waals surface area contributed by atoms with Crippen LogP contribution >= 0.6 is 11.6 Å². The number of benzene rings is 1. The van der Waals surface area contributed by atoms with Crippen molar-refractivity contribution in [3.8, 4) is 0 Å². The van der Waals surface area contributed by atoms with Crippen molar-refractivity contribution in [1.82, 2.24) is 4.72 Å². The number of hydrogen-bond donors (Lipinski definition) is 3. The molecule has 1 rings (SSSR count). The van der Waals surface area contributed by atoms with Crippen LogP contribution in [0.25, 0.3) is 0 Å². The van der Waals surface area contributed by atoms with Gasteiger partial charge in [0.15, 0.2) is 0 Å². The fraction of sp³-hybridized carbons (Fsp3) is 0.455. The summed E-state index contributed by atoms with van der Waals surface area (Å²) in [6.45, 7) is 0.00182. The highest BCUT2D eigenvalue weighted by Gasteiger charge is 2.22. The van der Waals surface area contributed by atoms with Gasteiger partial charge in [-0.2, -0.15) is 0 Å². The van der Waals surface area contributed by atoms with Gasteiger partial charge in [0.1, 0.15) is 4.90 Å². The number of halogens is 1. The highest BCUT2D eigenvalue weighted by atomic mass is 35.5. The second kappa shape index (κ2) is 7.06. The minimum atomic E-state index is -3.81. The van der Waals surface area contributed by atoms with E-state index in [2.05, 4.69) is 4.72 Å². The molecule has 1 aromatic rings. The van der Waals surface area contributed by atoms with Crippen molar-refractivity contribution in [2.45, 2.75) is 17.4 Å². The van der Waals surface area contributed by atoms with Gasteiger partial charge in [0, 0.05) is 24.8 Å². The van der Waals surface area contributed by atoms with Crippen molar-refractivity contribution in [1.29, 1.82) is 0 Å². The molecule has 0 aromatic heterocycles. The van der Waals surface area contributed by atoms with Gasteiger partial charge in [-0.25, -0.2) is 13.1 Å². The fourth-order valence-electron chi connectivity index (χ4n) is 1.56. The average molecular weight is 309 g/mol. The van der Waals surface area contributed by atoms with Crippen LogP contribution in [0.2, 0.25) is 5.02 Å². The lowest BCUT2D eigenvalue weighted by Gasteiger charge is -2.17. The van der Waals surface area contributed by atoms with Crippen LogP contribution < -0.4 is 10.5 Å². The lowest BCUT2D eigenvalue weighted by Crippen LogP contribution is -2.38. The predicted octanol–water partition coefficient (Wildman–Crippen LogP) is 0.598. The number of rotatable bonds is 7. The van der Waals surface area contributed by atoms with E-state index in [0.29, 0.717) is 0 Å². The molecule has 0 radical (unpaired) electrons. The third-order valence-electron chi connectivity index (χ3n) is 2.43. The molecule has 0 spiro atoms. The number of aliphatic hydroxyl groups excluding tert-OH is 1. The third-order valence-corrected chi connectivity index (χ3v) is 4.24. The number of methoxy groups -OCH3 is 1. The van der Waals surface area contributed by atoms with Crippen LogP contribution in [0.3, 0.4) is 0 Å². The summed E-state index contributed by atoms with van der Waals surface area (Å²) in [7, 11) is -2.36. The maximum atomic E-state index is 12.2. The Morgan fingerprint density at radius 3 is 2.79 bits per heavy atom. The first-order valence-corrected chi connectivity index (χ1v) is 7.44.